The predicted octanol–water partition coefficient (Wildman–Crippen LogP) is 0.922. The van der Waals surface area contributed by atoms with Gasteiger partial charge in [0.25, 0.3) is 11.5 Å². The first-order valence-corrected chi connectivity index (χ1v) is 7.65. The fourth-order valence-corrected chi connectivity index (χ4v) is 2.26. The molecule has 0 bridgehead atoms. The van der Waals surface area contributed by atoms with Gasteiger partial charge in [-0.1, -0.05) is 0 Å². The van der Waals surface area contributed by atoms with Crippen LogP contribution in [-0.4, -0.2) is 38.1 Å². The average Bonchev–Trinajstić information content (AvgIpc) is 3.40. The van der Waals surface area contributed by atoms with E-state index in [1.807, 2.05) is 0 Å². The van der Waals surface area contributed by atoms with Crippen molar-refractivity contribution in [3.63, 3.8) is 0 Å². The van der Waals surface area contributed by atoms with Crippen molar-refractivity contribution in [2.24, 2.45) is 10.2 Å². The molecule has 9 nitrogen and oxygen atoms in total. The first kappa shape index (κ1) is 16.4. The maximum Gasteiger partial charge on any atom is 0.264 e. The van der Waals surface area contributed by atoms with Crippen LogP contribution in [0.3, 0.4) is 0 Å². The summed E-state index contributed by atoms with van der Waals surface area (Å²) in [5.74, 6) is 2.31. The Hall–Kier alpha value is -3.41. The van der Waals surface area contributed by atoms with Crippen LogP contribution < -0.4 is 10.9 Å². The number of nitrogens with one attached hydrogen (secondary N) is 2. The van der Waals surface area contributed by atoms with Gasteiger partial charge in [0.1, 0.15) is 17.6 Å². The van der Waals surface area contributed by atoms with Crippen molar-refractivity contribution in [1.29, 1.82) is 0 Å². The normalized spacial score (nSPS) is 13.9. The fourth-order valence-electron chi connectivity index (χ4n) is 2.26. The van der Waals surface area contributed by atoms with E-state index >= 15 is 0 Å². The largest absolute Gasteiger partial charge is 0.352 e. The maximum absolute atomic E-state index is 12.1. The van der Waals surface area contributed by atoms with Gasteiger partial charge >= 0.3 is 0 Å². The third-order valence-electron chi connectivity index (χ3n) is 3.73. The van der Waals surface area contributed by atoms with E-state index in [4.69, 9.17) is 6.42 Å². The molecule has 0 spiro atoms. The molecule has 2 aromatic rings. The van der Waals surface area contributed by atoms with E-state index in [0.717, 1.165) is 0 Å². The first-order valence-electron chi connectivity index (χ1n) is 7.65. The fraction of sp³-hybridized carbons (Fsp3) is 0.312. The van der Waals surface area contributed by atoms with Crippen LogP contribution in [0.2, 0.25) is 0 Å². The predicted molar refractivity (Wildman–Crippen MR) is 88.5 cm³/mol. The summed E-state index contributed by atoms with van der Waals surface area (Å²) in [4.78, 5) is 38.7. The zero-order valence-corrected chi connectivity index (χ0v) is 13.3. The Labute approximate surface area is 143 Å². The summed E-state index contributed by atoms with van der Waals surface area (Å²) in [5, 5.41) is 10.7. The van der Waals surface area contributed by atoms with Crippen LogP contribution in [0.4, 0.5) is 0 Å². The second kappa shape index (κ2) is 7.00. The summed E-state index contributed by atoms with van der Waals surface area (Å²) < 4.78 is 0. The van der Waals surface area contributed by atoms with Crippen molar-refractivity contribution in [3.05, 3.63) is 40.7 Å². The van der Waals surface area contributed by atoms with Crippen LogP contribution in [-0.2, 0) is 0 Å². The smallest absolute Gasteiger partial charge is 0.264 e. The van der Waals surface area contributed by atoms with Crippen LogP contribution in [0.1, 0.15) is 29.6 Å². The molecule has 0 unspecified atom stereocenters. The van der Waals surface area contributed by atoms with Crippen molar-refractivity contribution in [3.8, 4) is 23.9 Å². The summed E-state index contributed by atoms with van der Waals surface area (Å²) in [7, 11) is 0. The van der Waals surface area contributed by atoms with Crippen LogP contribution in [0.5, 0.6) is 0 Å². The average molecular weight is 337 g/mol. The Kier molecular flexibility index (Phi) is 4.61. The van der Waals surface area contributed by atoms with Crippen molar-refractivity contribution >= 4 is 5.91 Å². The summed E-state index contributed by atoms with van der Waals surface area (Å²) in [6, 6.07) is 1.61. The number of H-pyrrole nitrogens is 1. The van der Waals surface area contributed by atoms with Crippen molar-refractivity contribution < 1.29 is 4.79 Å². The van der Waals surface area contributed by atoms with E-state index in [2.05, 4.69) is 41.4 Å². The van der Waals surface area contributed by atoms with Gasteiger partial charge in [0.15, 0.2) is 11.5 Å². The minimum Gasteiger partial charge on any atom is -0.352 e. The number of amides is 1. The molecule has 126 valence electrons. The van der Waals surface area contributed by atoms with E-state index < -0.39 is 17.1 Å². The van der Waals surface area contributed by atoms with Crippen LogP contribution in [0.25, 0.3) is 11.5 Å². The third-order valence-corrected chi connectivity index (χ3v) is 3.73. The van der Waals surface area contributed by atoms with Gasteiger partial charge in [-0.25, -0.2) is 15.0 Å². The lowest BCUT2D eigenvalue weighted by molar-refractivity contribution is 0.0950. The van der Waals surface area contributed by atoms with Crippen LogP contribution in [0, 0.1) is 12.3 Å². The van der Waals surface area contributed by atoms with E-state index in [1.54, 1.807) is 6.07 Å². The molecule has 1 aliphatic rings. The molecule has 3 heterocycles. The molecule has 0 fully saturated rings. The van der Waals surface area contributed by atoms with Crippen molar-refractivity contribution in [2.75, 3.05) is 6.54 Å². The maximum atomic E-state index is 12.1. The van der Waals surface area contributed by atoms with E-state index in [1.165, 1.54) is 18.7 Å². The Bertz CT molecular complexity index is 893. The van der Waals surface area contributed by atoms with E-state index in [0.29, 0.717) is 31.5 Å². The lowest BCUT2D eigenvalue weighted by atomic mass is 10.0. The highest BCUT2D eigenvalue weighted by Gasteiger charge is 2.38. The van der Waals surface area contributed by atoms with Crippen LogP contribution >= 0.6 is 0 Å². The van der Waals surface area contributed by atoms with Gasteiger partial charge in [0.2, 0.25) is 0 Å². The summed E-state index contributed by atoms with van der Waals surface area (Å²) in [6.07, 6.45) is 11.1. The van der Waals surface area contributed by atoms with Gasteiger partial charge in [0, 0.05) is 38.2 Å². The first-order chi connectivity index (χ1) is 12.1. The minimum absolute atomic E-state index is 0.0693. The number of nitrogens with zero attached hydrogens (tertiary/aromatic N) is 5. The highest BCUT2D eigenvalue weighted by molar-refractivity contribution is 5.93. The number of carbonyl (C=O) groups is 1. The number of carbonyl (C=O) groups excluding carboxylic acids is 1. The molecule has 0 radical (unpaired) electrons. The molecule has 0 aromatic carbocycles. The molecule has 2 N–H and O–H groups in total. The number of aromatic nitrogens is 4. The molecule has 1 aliphatic heterocycles. The lowest BCUT2D eigenvalue weighted by Crippen LogP contribution is -2.32. The van der Waals surface area contributed by atoms with Crippen molar-refractivity contribution in [1.82, 2.24) is 25.3 Å². The molecule has 9 heteroatoms. The minimum atomic E-state index is -0.538. The molecule has 25 heavy (non-hydrogen) atoms. The molecule has 2 aromatic heterocycles. The Balaban J connectivity index is 1.59. The van der Waals surface area contributed by atoms with Gasteiger partial charge < -0.3 is 10.3 Å². The number of hydrogen-bond acceptors (Lipinski definition) is 7. The standard InChI is InChI=1S/C16H15N7O2/c1-2-3-5-16(22-23-16)6-8-18-14(24)11-9-19-13(21-15(11)25)12-4-7-17-10-20-12/h1,4,7,9-10H,3,5-6,8H2,(H,18,24)(H,19,21,25). The van der Waals surface area contributed by atoms with Gasteiger partial charge in [-0.3, -0.25) is 9.59 Å². The number of hydrogen-bond donors (Lipinski definition) is 2. The van der Waals surface area contributed by atoms with Gasteiger partial charge in [-0.2, -0.15) is 10.2 Å². The van der Waals surface area contributed by atoms with Crippen LogP contribution in [0.15, 0.2) is 39.8 Å². The second-order valence-corrected chi connectivity index (χ2v) is 5.46. The van der Waals surface area contributed by atoms with E-state index in [9.17, 15) is 9.59 Å². The van der Waals surface area contributed by atoms with Gasteiger partial charge in [-0.05, 0) is 6.07 Å². The molecule has 0 saturated heterocycles. The number of terminal acetylenes is 1. The topological polar surface area (TPSA) is 125 Å². The Morgan fingerprint density at radius 1 is 1.32 bits per heavy atom. The Morgan fingerprint density at radius 2 is 2.16 bits per heavy atom. The number of aromatic amines is 1. The monoisotopic (exact) mass is 337 g/mol. The molecule has 0 saturated carbocycles. The zero-order valence-electron chi connectivity index (χ0n) is 13.3. The highest BCUT2D eigenvalue weighted by Crippen LogP contribution is 2.35. The molecular formula is C16H15N7O2. The van der Waals surface area contributed by atoms with Crippen molar-refractivity contribution in [2.45, 2.75) is 24.9 Å². The Morgan fingerprint density at radius 3 is 2.80 bits per heavy atom. The summed E-state index contributed by atoms with van der Waals surface area (Å²) in [5.41, 5.74) is -0.614. The second-order valence-electron chi connectivity index (χ2n) is 5.46. The lowest BCUT2D eigenvalue weighted by Gasteiger charge is -2.09. The molecule has 0 aliphatic carbocycles. The quantitative estimate of drug-likeness (QED) is 0.727. The molecule has 1 amide bonds. The SMILES string of the molecule is C#CCCC1(CCNC(=O)c2cnc(-c3ccncn3)[nH]c2=O)N=N1. The zero-order chi connectivity index (χ0) is 17.7. The molecular weight excluding hydrogens is 322 g/mol. The van der Waals surface area contributed by atoms with Gasteiger partial charge in [-0.15, -0.1) is 12.3 Å². The molecule has 0 atom stereocenters. The van der Waals surface area contributed by atoms with E-state index in [-0.39, 0.29) is 11.4 Å². The summed E-state index contributed by atoms with van der Waals surface area (Å²) >= 11 is 0. The van der Waals surface area contributed by atoms with Gasteiger partial charge in [0.05, 0.1) is 0 Å². The number of rotatable bonds is 7. The molecule has 3 rings (SSSR count). The third kappa shape index (κ3) is 3.92. The highest BCUT2D eigenvalue weighted by atomic mass is 16.2. The summed E-state index contributed by atoms with van der Waals surface area (Å²) in [6.45, 7) is 0.337.